The van der Waals surface area contributed by atoms with Gasteiger partial charge in [-0.25, -0.2) is 0 Å². The summed E-state index contributed by atoms with van der Waals surface area (Å²) in [6.07, 6.45) is 0. The minimum absolute atomic E-state index is 0. The summed E-state index contributed by atoms with van der Waals surface area (Å²) in [5.74, 6) is 1.23. The SMILES string of the molecule is CC(C)c1noc(-c2ccccc2C(=O)N2C[C@@H](N)[C@H](c3ccccc3)C2)n1.Cl. The third-order valence-electron chi connectivity index (χ3n) is 5.23. The van der Waals surface area contributed by atoms with Crippen molar-refractivity contribution in [2.45, 2.75) is 31.7 Å². The van der Waals surface area contributed by atoms with Gasteiger partial charge in [0, 0.05) is 31.0 Å². The van der Waals surface area contributed by atoms with Gasteiger partial charge in [0.2, 0.25) is 0 Å². The minimum Gasteiger partial charge on any atom is -0.336 e. The van der Waals surface area contributed by atoms with E-state index in [4.69, 9.17) is 10.3 Å². The minimum atomic E-state index is -0.0885. The van der Waals surface area contributed by atoms with Crippen molar-refractivity contribution in [3.05, 3.63) is 71.5 Å². The predicted molar refractivity (Wildman–Crippen MR) is 114 cm³/mol. The van der Waals surface area contributed by atoms with E-state index in [1.807, 2.05) is 55.1 Å². The van der Waals surface area contributed by atoms with Crippen molar-refractivity contribution in [3.63, 3.8) is 0 Å². The van der Waals surface area contributed by atoms with Crippen LogP contribution in [0.15, 0.2) is 59.1 Å². The molecule has 152 valence electrons. The molecule has 2 aromatic carbocycles. The van der Waals surface area contributed by atoms with Crippen molar-refractivity contribution in [1.29, 1.82) is 0 Å². The topological polar surface area (TPSA) is 85.2 Å². The molecular formula is C22H25ClN4O2. The number of nitrogens with zero attached hydrogens (tertiary/aromatic N) is 3. The Morgan fingerprint density at radius 2 is 1.79 bits per heavy atom. The summed E-state index contributed by atoms with van der Waals surface area (Å²) < 4.78 is 5.42. The second-order valence-electron chi connectivity index (χ2n) is 7.55. The smallest absolute Gasteiger partial charge is 0.258 e. The van der Waals surface area contributed by atoms with E-state index in [1.54, 1.807) is 6.07 Å². The van der Waals surface area contributed by atoms with Gasteiger partial charge in [0.15, 0.2) is 5.82 Å². The van der Waals surface area contributed by atoms with Gasteiger partial charge in [0.1, 0.15) is 0 Å². The molecule has 4 rings (SSSR count). The van der Waals surface area contributed by atoms with Crippen molar-refractivity contribution >= 4 is 18.3 Å². The first-order valence-corrected chi connectivity index (χ1v) is 9.57. The van der Waals surface area contributed by atoms with Gasteiger partial charge in [-0.3, -0.25) is 4.79 Å². The Morgan fingerprint density at radius 1 is 1.10 bits per heavy atom. The molecule has 1 fully saturated rings. The molecular weight excluding hydrogens is 388 g/mol. The van der Waals surface area contributed by atoms with Crippen LogP contribution in [0, 0.1) is 0 Å². The first-order valence-electron chi connectivity index (χ1n) is 9.57. The van der Waals surface area contributed by atoms with Crippen molar-refractivity contribution < 1.29 is 9.32 Å². The fourth-order valence-corrected chi connectivity index (χ4v) is 3.65. The average Bonchev–Trinajstić information content (AvgIpc) is 3.35. The number of aromatic nitrogens is 2. The first-order chi connectivity index (χ1) is 13.5. The Balaban J connectivity index is 0.00000240. The summed E-state index contributed by atoms with van der Waals surface area (Å²) in [5.41, 5.74) is 8.75. The summed E-state index contributed by atoms with van der Waals surface area (Å²) in [4.78, 5) is 19.6. The summed E-state index contributed by atoms with van der Waals surface area (Å²) in [5, 5.41) is 4.02. The highest BCUT2D eigenvalue weighted by atomic mass is 35.5. The van der Waals surface area contributed by atoms with E-state index in [0.29, 0.717) is 35.9 Å². The molecule has 0 unspecified atom stereocenters. The zero-order valence-electron chi connectivity index (χ0n) is 16.5. The molecule has 1 amide bonds. The van der Waals surface area contributed by atoms with Crippen LogP contribution in [-0.2, 0) is 0 Å². The second kappa shape index (κ2) is 8.76. The first kappa shape index (κ1) is 21.0. The molecule has 1 saturated heterocycles. The molecule has 2 atom stereocenters. The summed E-state index contributed by atoms with van der Waals surface area (Å²) >= 11 is 0. The number of halogens is 1. The van der Waals surface area contributed by atoms with Gasteiger partial charge >= 0.3 is 0 Å². The molecule has 7 heteroatoms. The number of nitrogens with two attached hydrogens (primary N) is 1. The lowest BCUT2D eigenvalue weighted by Crippen LogP contribution is -2.32. The molecule has 0 saturated carbocycles. The molecule has 2 heterocycles. The maximum atomic E-state index is 13.3. The van der Waals surface area contributed by atoms with Crippen molar-refractivity contribution in [2.24, 2.45) is 5.73 Å². The van der Waals surface area contributed by atoms with E-state index >= 15 is 0 Å². The van der Waals surface area contributed by atoms with Crippen LogP contribution < -0.4 is 5.73 Å². The van der Waals surface area contributed by atoms with Crippen molar-refractivity contribution in [2.75, 3.05) is 13.1 Å². The fourth-order valence-electron chi connectivity index (χ4n) is 3.65. The average molecular weight is 413 g/mol. The van der Waals surface area contributed by atoms with Gasteiger partial charge in [0.05, 0.1) is 11.1 Å². The van der Waals surface area contributed by atoms with Crippen molar-refractivity contribution in [1.82, 2.24) is 15.0 Å². The van der Waals surface area contributed by atoms with Crippen LogP contribution in [-0.4, -0.2) is 40.1 Å². The van der Waals surface area contributed by atoms with E-state index in [2.05, 4.69) is 22.3 Å². The number of benzene rings is 2. The Hall–Kier alpha value is -2.70. The van der Waals surface area contributed by atoms with E-state index in [9.17, 15) is 4.79 Å². The van der Waals surface area contributed by atoms with Gasteiger partial charge in [-0.05, 0) is 17.7 Å². The Kier molecular flexibility index (Phi) is 6.35. The standard InChI is InChI=1S/C22H24N4O2.ClH/c1-14(2)20-24-21(28-25-20)16-10-6-7-11-17(16)22(27)26-12-18(19(23)13-26)15-8-4-3-5-9-15;/h3-11,14,18-19H,12-13,23H2,1-2H3;1H/t18-,19+;/m0./s1. The molecule has 0 spiro atoms. The molecule has 1 aliphatic heterocycles. The van der Waals surface area contributed by atoms with Crippen LogP contribution in [0.25, 0.3) is 11.5 Å². The number of amides is 1. The molecule has 3 aromatic rings. The molecule has 1 aromatic heterocycles. The van der Waals surface area contributed by atoms with Crippen molar-refractivity contribution in [3.8, 4) is 11.5 Å². The summed E-state index contributed by atoms with van der Waals surface area (Å²) in [6, 6.07) is 17.4. The van der Waals surface area contributed by atoms with Gasteiger partial charge in [-0.1, -0.05) is 61.5 Å². The molecule has 0 bridgehead atoms. The third kappa shape index (κ3) is 4.18. The molecule has 1 aliphatic rings. The molecule has 6 nitrogen and oxygen atoms in total. The molecule has 0 aliphatic carbocycles. The highest BCUT2D eigenvalue weighted by Crippen LogP contribution is 2.30. The van der Waals surface area contributed by atoms with Gasteiger partial charge in [-0.15, -0.1) is 12.4 Å². The Labute approximate surface area is 176 Å². The van der Waals surface area contributed by atoms with Crippen LogP contribution in [0.1, 0.15) is 47.4 Å². The highest BCUT2D eigenvalue weighted by molar-refractivity contribution is 6.00. The van der Waals surface area contributed by atoms with Crippen LogP contribution in [0.2, 0.25) is 0 Å². The predicted octanol–water partition coefficient (Wildman–Crippen LogP) is 3.85. The number of likely N-dealkylation sites (tertiary alicyclic amines) is 1. The van der Waals surface area contributed by atoms with Gasteiger partial charge in [-0.2, -0.15) is 4.98 Å². The number of carbonyl (C=O) groups excluding carboxylic acids is 1. The summed E-state index contributed by atoms with van der Waals surface area (Å²) in [7, 11) is 0. The number of hydrogen-bond donors (Lipinski definition) is 1. The lowest BCUT2D eigenvalue weighted by atomic mass is 9.95. The molecule has 2 N–H and O–H groups in total. The zero-order valence-corrected chi connectivity index (χ0v) is 17.3. The quantitative estimate of drug-likeness (QED) is 0.703. The maximum absolute atomic E-state index is 13.3. The fraction of sp³-hybridized carbons (Fsp3) is 0.318. The van der Waals surface area contributed by atoms with Crippen LogP contribution in [0.5, 0.6) is 0 Å². The largest absolute Gasteiger partial charge is 0.336 e. The van der Waals surface area contributed by atoms with Gasteiger partial charge in [0.25, 0.3) is 11.8 Å². The van der Waals surface area contributed by atoms with E-state index in [1.165, 1.54) is 0 Å². The van der Waals surface area contributed by atoms with Crippen LogP contribution >= 0.6 is 12.4 Å². The number of rotatable bonds is 4. The Bertz CT molecular complexity index is 974. The lowest BCUT2D eigenvalue weighted by molar-refractivity contribution is 0.0789. The van der Waals surface area contributed by atoms with E-state index in [0.717, 1.165) is 5.56 Å². The normalized spacial score (nSPS) is 18.7. The zero-order chi connectivity index (χ0) is 19.7. The third-order valence-corrected chi connectivity index (χ3v) is 5.23. The number of hydrogen-bond acceptors (Lipinski definition) is 5. The maximum Gasteiger partial charge on any atom is 0.258 e. The van der Waals surface area contributed by atoms with E-state index in [-0.39, 0.29) is 36.2 Å². The van der Waals surface area contributed by atoms with Crippen LogP contribution in [0.4, 0.5) is 0 Å². The molecule has 29 heavy (non-hydrogen) atoms. The second-order valence-corrected chi connectivity index (χ2v) is 7.55. The monoisotopic (exact) mass is 412 g/mol. The molecule has 0 radical (unpaired) electrons. The highest BCUT2D eigenvalue weighted by Gasteiger charge is 2.35. The van der Waals surface area contributed by atoms with Gasteiger partial charge < -0.3 is 15.2 Å². The van der Waals surface area contributed by atoms with Crippen LogP contribution in [0.3, 0.4) is 0 Å². The number of carbonyl (C=O) groups is 1. The lowest BCUT2D eigenvalue weighted by Gasteiger charge is -2.17. The Morgan fingerprint density at radius 3 is 2.48 bits per heavy atom. The van der Waals surface area contributed by atoms with E-state index < -0.39 is 0 Å². The summed E-state index contributed by atoms with van der Waals surface area (Å²) in [6.45, 7) is 5.12.